The molecule has 2 unspecified atom stereocenters. The monoisotopic (exact) mass is 167 g/mol. The predicted octanol–water partition coefficient (Wildman–Crippen LogP) is 0.327. The molecule has 12 heavy (non-hydrogen) atoms. The van der Waals surface area contributed by atoms with Crippen LogP contribution < -0.4 is 0 Å². The van der Waals surface area contributed by atoms with Gasteiger partial charge in [-0.3, -0.25) is 14.8 Å². The highest BCUT2D eigenvalue weighted by Crippen LogP contribution is 2.33. The second-order valence-electron chi connectivity index (χ2n) is 3.14. The van der Waals surface area contributed by atoms with Crippen molar-refractivity contribution < 1.29 is 14.8 Å². The fraction of sp³-hybridized carbons (Fsp3) is 0.500. The van der Waals surface area contributed by atoms with Gasteiger partial charge >= 0.3 is 0 Å². The van der Waals surface area contributed by atoms with Crippen molar-refractivity contribution >= 4 is 11.8 Å². The Balaban J connectivity index is 2.31. The fourth-order valence-corrected chi connectivity index (χ4v) is 1.78. The van der Waals surface area contributed by atoms with Crippen LogP contribution in [0.25, 0.3) is 0 Å². The maximum Gasteiger partial charge on any atom is 0.257 e. The lowest BCUT2D eigenvalue weighted by Crippen LogP contribution is -2.26. The van der Waals surface area contributed by atoms with Crippen LogP contribution in [0.4, 0.5) is 0 Å². The van der Waals surface area contributed by atoms with Crippen molar-refractivity contribution in [3.05, 3.63) is 12.2 Å². The number of amides is 2. The van der Waals surface area contributed by atoms with Crippen LogP contribution in [0.1, 0.15) is 12.8 Å². The molecule has 4 heteroatoms. The van der Waals surface area contributed by atoms with E-state index in [-0.39, 0.29) is 16.9 Å². The summed E-state index contributed by atoms with van der Waals surface area (Å²) in [6.07, 6.45) is 4.91. The van der Waals surface area contributed by atoms with Gasteiger partial charge < -0.3 is 0 Å². The molecule has 0 saturated carbocycles. The van der Waals surface area contributed by atoms with Crippen molar-refractivity contribution in [2.75, 3.05) is 0 Å². The number of carbonyl (C=O) groups is 2. The average Bonchev–Trinajstić information content (AvgIpc) is 2.33. The van der Waals surface area contributed by atoms with E-state index in [2.05, 4.69) is 0 Å². The van der Waals surface area contributed by atoms with Gasteiger partial charge in [0.25, 0.3) is 11.8 Å². The van der Waals surface area contributed by atoms with Gasteiger partial charge in [0, 0.05) is 0 Å². The van der Waals surface area contributed by atoms with E-state index in [1.807, 2.05) is 12.2 Å². The predicted molar refractivity (Wildman–Crippen MR) is 39.0 cm³/mol. The molecule has 1 saturated heterocycles. The smallest absolute Gasteiger partial charge is 0.257 e. The van der Waals surface area contributed by atoms with Gasteiger partial charge in [-0.25, -0.2) is 0 Å². The summed E-state index contributed by atoms with van der Waals surface area (Å²) in [5, 5.41) is 9.27. The van der Waals surface area contributed by atoms with E-state index in [0.29, 0.717) is 12.8 Å². The van der Waals surface area contributed by atoms with Crippen molar-refractivity contribution in [3.8, 4) is 0 Å². The first-order valence-electron chi connectivity index (χ1n) is 3.93. The quantitative estimate of drug-likeness (QED) is 0.321. The van der Waals surface area contributed by atoms with Crippen LogP contribution in [-0.2, 0) is 9.59 Å². The number of nitrogens with zero attached hydrogens (tertiary/aromatic N) is 1. The van der Waals surface area contributed by atoms with Crippen LogP contribution >= 0.6 is 0 Å². The average molecular weight is 167 g/mol. The van der Waals surface area contributed by atoms with Crippen molar-refractivity contribution in [2.24, 2.45) is 11.8 Å². The third kappa shape index (κ3) is 0.814. The molecular weight excluding hydrogens is 158 g/mol. The highest BCUT2D eigenvalue weighted by molar-refractivity contribution is 6.04. The third-order valence-electron chi connectivity index (χ3n) is 2.48. The number of rotatable bonds is 0. The van der Waals surface area contributed by atoms with Crippen LogP contribution in [0.2, 0.25) is 0 Å². The fourth-order valence-electron chi connectivity index (χ4n) is 1.78. The number of carbonyl (C=O) groups excluding carboxylic acids is 2. The second kappa shape index (κ2) is 2.42. The molecule has 1 heterocycles. The summed E-state index contributed by atoms with van der Waals surface area (Å²) in [6, 6.07) is 0. The molecule has 2 aliphatic rings. The zero-order chi connectivity index (χ0) is 8.72. The Hall–Kier alpha value is -1.16. The molecular formula is C8H9NO3. The Bertz CT molecular complexity index is 245. The molecule has 1 aliphatic heterocycles. The van der Waals surface area contributed by atoms with Gasteiger partial charge in [0.15, 0.2) is 0 Å². The molecule has 1 fully saturated rings. The van der Waals surface area contributed by atoms with Gasteiger partial charge in [0.1, 0.15) is 0 Å². The molecule has 1 N–H and O–H groups in total. The maximum atomic E-state index is 11.2. The molecule has 2 atom stereocenters. The first kappa shape index (κ1) is 7.49. The van der Waals surface area contributed by atoms with E-state index in [0.717, 1.165) is 0 Å². The highest BCUT2D eigenvalue weighted by Gasteiger charge is 2.46. The summed E-state index contributed by atoms with van der Waals surface area (Å²) in [5.41, 5.74) is 0. The van der Waals surface area contributed by atoms with Gasteiger partial charge in [0.05, 0.1) is 11.8 Å². The second-order valence-corrected chi connectivity index (χ2v) is 3.14. The van der Waals surface area contributed by atoms with Crippen molar-refractivity contribution in [2.45, 2.75) is 12.8 Å². The van der Waals surface area contributed by atoms with Crippen molar-refractivity contribution in [1.29, 1.82) is 0 Å². The number of hydroxylamine groups is 2. The van der Waals surface area contributed by atoms with Crippen molar-refractivity contribution in [3.63, 3.8) is 0 Å². The van der Waals surface area contributed by atoms with Gasteiger partial charge in [-0.1, -0.05) is 12.2 Å². The lowest BCUT2D eigenvalue weighted by atomic mass is 9.85. The lowest BCUT2D eigenvalue weighted by molar-refractivity contribution is -0.172. The maximum absolute atomic E-state index is 11.2. The molecule has 1 aliphatic carbocycles. The van der Waals surface area contributed by atoms with E-state index < -0.39 is 11.8 Å². The SMILES string of the molecule is O=C1C2CC=CCC2C(=O)N1O. The van der Waals surface area contributed by atoms with Crippen LogP contribution in [0.15, 0.2) is 12.2 Å². The Morgan fingerprint density at radius 1 is 1.17 bits per heavy atom. The molecule has 0 spiro atoms. The standard InChI is InChI=1S/C8H9NO3/c10-7-5-3-1-2-4-6(5)8(11)9(7)12/h1-2,5-6,12H,3-4H2. The molecule has 2 amide bonds. The number of fused-ring (bicyclic) bond motifs is 1. The molecule has 64 valence electrons. The van der Waals surface area contributed by atoms with Gasteiger partial charge in [-0.15, -0.1) is 0 Å². The number of hydrogen-bond acceptors (Lipinski definition) is 3. The molecule has 0 bridgehead atoms. The minimum Gasteiger partial charge on any atom is -0.278 e. The van der Waals surface area contributed by atoms with Crippen LogP contribution in [0.3, 0.4) is 0 Å². The van der Waals surface area contributed by atoms with Crippen molar-refractivity contribution in [1.82, 2.24) is 5.06 Å². The Morgan fingerprint density at radius 3 is 2.00 bits per heavy atom. The van der Waals surface area contributed by atoms with E-state index in [9.17, 15) is 9.59 Å². The molecule has 0 aromatic carbocycles. The van der Waals surface area contributed by atoms with Gasteiger partial charge in [-0.05, 0) is 12.8 Å². The molecule has 0 aromatic rings. The summed E-state index contributed by atoms with van der Waals surface area (Å²) in [6.45, 7) is 0. The van der Waals surface area contributed by atoms with Gasteiger partial charge in [-0.2, -0.15) is 5.06 Å². The van der Waals surface area contributed by atoms with Gasteiger partial charge in [0.2, 0.25) is 0 Å². The molecule has 0 aromatic heterocycles. The van der Waals surface area contributed by atoms with E-state index in [4.69, 9.17) is 5.21 Å². The zero-order valence-electron chi connectivity index (χ0n) is 6.43. The summed E-state index contributed by atoms with van der Waals surface area (Å²) in [7, 11) is 0. The van der Waals surface area contributed by atoms with E-state index >= 15 is 0 Å². The largest absolute Gasteiger partial charge is 0.278 e. The van der Waals surface area contributed by atoms with Crippen LogP contribution in [0, 0.1) is 11.8 Å². The molecule has 4 nitrogen and oxygen atoms in total. The summed E-state index contributed by atoms with van der Waals surface area (Å²) in [4.78, 5) is 22.3. The summed E-state index contributed by atoms with van der Waals surface area (Å²) >= 11 is 0. The first-order chi connectivity index (χ1) is 5.72. The van der Waals surface area contributed by atoms with E-state index in [1.165, 1.54) is 0 Å². The summed E-state index contributed by atoms with van der Waals surface area (Å²) < 4.78 is 0. The Labute approximate surface area is 69.4 Å². The normalized spacial score (nSPS) is 34.2. The van der Waals surface area contributed by atoms with E-state index in [1.54, 1.807) is 0 Å². The minimum absolute atomic E-state index is 0.266. The Morgan fingerprint density at radius 2 is 1.58 bits per heavy atom. The van der Waals surface area contributed by atoms with Crippen LogP contribution in [0.5, 0.6) is 0 Å². The number of allylic oxidation sites excluding steroid dienone is 2. The first-order valence-corrected chi connectivity index (χ1v) is 3.93. The number of hydrogen-bond donors (Lipinski definition) is 1. The topological polar surface area (TPSA) is 57.6 Å². The molecule has 0 radical (unpaired) electrons. The third-order valence-corrected chi connectivity index (χ3v) is 2.48. The highest BCUT2D eigenvalue weighted by atomic mass is 16.5. The van der Waals surface area contributed by atoms with Crippen LogP contribution in [-0.4, -0.2) is 22.1 Å². The minimum atomic E-state index is -0.450. The lowest BCUT2D eigenvalue weighted by Gasteiger charge is -2.14. The zero-order valence-corrected chi connectivity index (χ0v) is 6.43. The molecule has 2 rings (SSSR count). The number of imide groups is 1. The Kier molecular flexibility index (Phi) is 1.51. The summed E-state index contributed by atoms with van der Waals surface area (Å²) in [5.74, 6) is -1.52.